The van der Waals surface area contributed by atoms with Crippen LogP contribution >= 0.6 is 0 Å². The van der Waals surface area contributed by atoms with Crippen molar-refractivity contribution in [3.8, 4) is 0 Å². The topological polar surface area (TPSA) is 52.2 Å². The van der Waals surface area contributed by atoms with Crippen molar-refractivity contribution in [2.75, 3.05) is 26.2 Å². The molecule has 1 N–H and O–H groups in total. The zero-order valence-corrected chi connectivity index (χ0v) is 12.9. The minimum absolute atomic E-state index is 0.242. The molecular weight excluding hydrogens is 264 g/mol. The van der Waals surface area contributed by atoms with E-state index in [0.29, 0.717) is 0 Å². The van der Waals surface area contributed by atoms with E-state index in [0.717, 1.165) is 49.4 Å². The number of nitrogens with one attached hydrogen (secondary N) is 1. The maximum absolute atomic E-state index is 10.8. The molecule has 21 heavy (non-hydrogen) atoms. The van der Waals surface area contributed by atoms with Gasteiger partial charge in [-0.25, -0.2) is 4.98 Å². The summed E-state index contributed by atoms with van der Waals surface area (Å²) in [4.78, 5) is 23.2. The van der Waals surface area contributed by atoms with Crippen LogP contribution in [0.3, 0.4) is 0 Å². The fourth-order valence-corrected chi connectivity index (χ4v) is 2.89. The van der Waals surface area contributed by atoms with E-state index < -0.39 is 0 Å². The van der Waals surface area contributed by atoms with Crippen molar-refractivity contribution >= 4 is 17.4 Å². The zero-order chi connectivity index (χ0) is 15.0. The highest BCUT2D eigenvalue weighted by molar-refractivity contribution is 5.77. The molecule has 3 rings (SSSR count). The van der Waals surface area contributed by atoms with Crippen LogP contribution in [0.1, 0.15) is 29.9 Å². The molecule has 0 saturated carbocycles. The Morgan fingerprint density at radius 3 is 2.52 bits per heavy atom. The summed E-state index contributed by atoms with van der Waals surface area (Å²) in [7, 11) is 0. The molecule has 0 bridgehead atoms. The van der Waals surface area contributed by atoms with Crippen molar-refractivity contribution in [1.29, 1.82) is 0 Å². The third-order valence-electron chi connectivity index (χ3n) is 4.56. The molecule has 1 aromatic carbocycles. The van der Waals surface area contributed by atoms with E-state index in [1.165, 1.54) is 11.1 Å². The Labute approximate surface area is 125 Å². The van der Waals surface area contributed by atoms with Crippen LogP contribution < -0.4 is 0 Å². The number of imidazole rings is 1. The number of hydrogen-bond acceptors (Lipinski definition) is 3. The van der Waals surface area contributed by atoms with Gasteiger partial charge in [-0.05, 0) is 44.0 Å². The molecule has 1 amide bonds. The number of aromatic amines is 1. The number of amides is 1. The molecule has 1 unspecified atom stereocenters. The molecule has 2 aromatic rings. The molecule has 112 valence electrons. The highest BCUT2D eigenvalue weighted by Crippen LogP contribution is 2.23. The lowest BCUT2D eigenvalue weighted by atomic mass is 10.1. The summed E-state index contributed by atoms with van der Waals surface area (Å²) in [6.07, 6.45) is 0.939. The first kappa shape index (κ1) is 14.1. The average Bonchev–Trinajstić information content (AvgIpc) is 2.90. The van der Waals surface area contributed by atoms with Gasteiger partial charge in [0.05, 0.1) is 17.1 Å². The molecule has 1 aromatic heterocycles. The normalized spacial score (nSPS) is 18.1. The van der Waals surface area contributed by atoms with Crippen LogP contribution in [0, 0.1) is 13.8 Å². The van der Waals surface area contributed by atoms with Gasteiger partial charge >= 0.3 is 0 Å². The summed E-state index contributed by atoms with van der Waals surface area (Å²) in [5.74, 6) is 1.01. The Balaban J connectivity index is 1.81. The smallest absolute Gasteiger partial charge is 0.209 e. The lowest BCUT2D eigenvalue weighted by Crippen LogP contribution is -2.46. The van der Waals surface area contributed by atoms with Crippen molar-refractivity contribution in [1.82, 2.24) is 19.8 Å². The second kappa shape index (κ2) is 5.48. The lowest BCUT2D eigenvalue weighted by Gasteiger charge is -2.35. The first-order valence-corrected chi connectivity index (χ1v) is 7.48. The predicted octanol–water partition coefficient (Wildman–Crippen LogP) is 2.01. The molecule has 1 saturated heterocycles. The van der Waals surface area contributed by atoms with Gasteiger partial charge in [0.2, 0.25) is 6.41 Å². The average molecular weight is 286 g/mol. The van der Waals surface area contributed by atoms with Crippen LogP contribution in [0.4, 0.5) is 0 Å². The van der Waals surface area contributed by atoms with Crippen LogP contribution in [0.5, 0.6) is 0 Å². The number of benzene rings is 1. The molecule has 1 fully saturated rings. The Kier molecular flexibility index (Phi) is 3.68. The van der Waals surface area contributed by atoms with E-state index in [1.807, 2.05) is 4.90 Å². The third-order valence-corrected chi connectivity index (χ3v) is 4.56. The van der Waals surface area contributed by atoms with Gasteiger partial charge in [-0.15, -0.1) is 0 Å². The van der Waals surface area contributed by atoms with Crippen molar-refractivity contribution in [2.45, 2.75) is 26.8 Å². The van der Waals surface area contributed by atoms with Gasteiger partial charge in [-0.1, -0.05) is 0 Å². The van der Waals surface area contributed by atoms with Crippen molar-refractivity contribution < 1.29 is 4.79 Å². The SMILES string of the molecule is Cc1cc2nc(C(C)N3CCN(C=O)CC3)[nH]c2cc1C. The molecule has 0 spiro atoms. The molecule has 0 aliphatic carbocycles. The summed E-state index contributed by atoms with van der Waals surface area (Å²) >= 11 is 0. The number of carbonyl (C=O) groups excluding carboxylic acids is 1. The van der Waals surface area contributed by atoms with Crippen LogP contribution in [-0.4, -0.2) is 52.4 Å². The van der Waals surface area contributed by atoms with Gasteiger partial charge < -0.3 is 9.88 Å². The number of aromatic nitrogens is 2. The van der Waals surface area contributed by atoms with E-state index in [2.05, 4.69) is 42.8 Å². The molecule has 1 atom stereocenters. The molecule has 0 radical (unpaired) electrons. The lowest BCUT2D eigenvalue weighted by molar-refractivity contribution is -0.120. The monoisotopic (exact) mass is 286 g/mol. The number of piperazine rings is 1. The Morgan fingerprint density at radius 2 is 1.86 bits per heavy atom. The quantitative estimate of drug-likeness (QED) is 0.878. The fourth-order valence-electron chi connectivity index (χ4n) is 2.89. The van der Waals surface area contributed by atoms with E-state index >= 15 is 0 Å². The van der Waals surface area contributed by atoms with Crippen LogP contribution in [0.2, 0.25) is 0 Å². The standard InChI is InChI=1S/C16H22N4O/c1-11-8-14-15(9-12(11)2)18-16(17-14)13(3)20-6-4-19(10-21)5-7-20/h8-10,13H,4-7H2,1-3H3,(H,17,18). The van der Waals surface area contributed by atoms with E-state index in [9.17, 15) is 4.79 Å². The maximum atomic E-state index is 10.8. The van der Waals surface area contributed by atoms with Gasteiger partial charge in [-0.3, -0.25) is 9.69 Å². The highest BCUT2D eigenvalue weighted by atomic mass is 16.1. The highest BCUT2D eigenvalue weighted by Gasteiger charge is 2.23. The van der Waals surface area contributed by atoms with Crippen LogP contribution in [0.25, 0.3) is 11.0 Å². The number of fused-ring (bicyclic) bond motifs is 1. The van der Waals surface area contributed by atoms with Gasteiger partial charge in [-0.2, -0.15) is 0 Å². The molecular formula is C16H22N4O. The van der Waals surface area contributed by atoms with Crippen molar-refractivity contribution in [3.63, 3.8) is 0 Å². The molecule has 5 heteroatoms. The minimum Gasteiger partial charge on any atom is -0.343 e. The second-order valence-corrected chi connectivity index (χ2v) is 5.93. The summed E-state index contributed by atoms with van der Waals surface area (Å²) < 4.78 is 0. The van der Waals surface area contributed by atoms with Gasteiger partial charge in [0.25, 0.3) is 0 Å². The maximum Gasteiger partial charge on any atom is 0.209 e. The van der Waals surface area contributed by atoms with E-state index in [-0.39, 0.29) is 6.04 Å². The largest absolute Gasteiger partial charge is 0.343 e. The summed E-state index contributed by atoms with van der Waals surface area (Å²) in [6, 6.07) is 4.55. The number of H-pyrrole nitrogens is 1. The van der Waals surface area contributed by atoms with Crippen molar-refractivity contribution in [3.05, 3.63) is 29.1 Å². The summed E-state index contributed by atoms with van der Waals surface area (Å²) in [5, 5.41) is 0. The number of rotatable bonds is 3. The number of carbonyl (C=O) groups is 1. The Bertz CT molecular complexity index is 617. The van der Waals surface area contributed by atoms with Gasteiger partial charge in [0.1, 0.15) is 5.82 Å². The zero-order valence-electron chi connectivity index (χ0n) is 12.9. The third kappa shape index (κ3) is 2.65. The number of aryl methyl sites for hydroxylation is 2. The fraction of sp³-hybridized carbons (Fsp3) is 0.500. The second-order valence-electron chi connectivity index (χ2n) is 5.93. The molecule has 2 heterocycles. The van der Waals surface area contributed by atoms with Crippen LogP contribution in [0.15, 0.2) is 12.1 Å². The van der Waals surface area contributed by atoms with Gasteiger partial charge in [0.15, 0.2) is 0 Å². The Morgan fingerprint density at radius 1 is 1.19 bits per heavy atom. The summed E-state index contributed by atoms with van der Waals surface area (Å²) in [6.45, 7) is 9.80. The molecule has 1 aliphatic heterocycles. The Hall–Kier alpha value is -1.88. The molecule has 5 nitrogen and oxygen atoms in total. The predicted molar refractivity (Wildman–Crippen MR) is 83.2 cm³/mol. The number of nitrogens with zero attached hydrogens (tertiary/aromatic N) is 3. The minimum atomic E-state index is 0.242. The van der Waals surface area contributed by atoms with Crippen molar-refractivity contribution in [2.24, 2.45) is 0 Å². The van der Waals surface area contributed by atoms with E-state index in [4.69, 9.17) is 4.98 Å². The van der Waals surface area contributed by atoms with Gasteiger partial charge in [0, 0.05) is 26.2 Å². The number of hydrogen-bond donors (Lipinski definition) is 1. The van der Waals surface area contributed by atoms with Crippen LogP contribution in [-0.2, 0) is 4.79 Å². The summed E-state index contributed by atoms with van der Waals surface area (Å²) in [5.41, 5.74) is 4.69. The molecule has 1 aliphatic rings. The first-order chi connectivity index (χ1) is 10.1. The first-order valence-electron chi connectivity index (χ1n) is 7.48. The van der Waals surface area contributed by atoms with E-state index in [1.54, 1.807) is 0 Å².